The number of nitrogens with one attached hydrogen (secondary N) is 1. The summed E-state index contributed by atoms with van der Waals surface area (Å²) in [6, 6.07) is -1.84. The zero-order chi connectivity index (χ0) is 15.1. The minimum Gasteiger partial charge on any atom is -0.343 e. The minimum absolute atomic E-state index is 0.106. The highest BCUT2D eigenvalue weighted by Crippen LogP contribution is 2.55. The van der Waals surface area contributed by atoms with Gasteiger partial charge in [-0.15, -0.1) is 0 Å². The van der Waals surface area contributed by atoms with Gasteiger partial charge in [-0.1, -0.05) is 20.3 Å². The molecule has 0 radical (unpaired) electrons. The van der Waals surface area contributed by atoms with Gasteiger partial charge in [0.1, 0.15) is 17.6 Å². The van der Waals surface area contributed by atoms with Crippen molar-refractivity contribution in [3.05, 3.63) is 0 Å². The Balaban J connectivity index is 2.35. The number of rotatable bonds is 4. The molecule has 1 aliphatic heterocycles. The summed E-state index contributed by atoms with van der Waals surface area (Å²) in [6.45, 7) is 3.45. The van der Waals surface area contributed by atoms with Crippen LogP contribution in [-0.2, 0) is 9.59 Å². The lowest BCUT2D eigenvalue weighted by atomic mass is 9.98. The van der Waals surface area contributed by atoms with Crippen LogP contribution in [0.1, 0.15) is 46.0 Å². The lowest BCUT2D eigenvalue weighted by Crippen LogP contribution is -2.68. The van der Waals surface area contributed by atoms with Crippen LogP contribution in [-0.4, -0.2) is 40.5 Å². The Morgan fingerprint density at radius 2 is 1.90 bits per heavy atom. The fourth-order valence-electron chi connectivity index (χ4n) is 2.91. The number of carbonyl (C=O) groups is 2. The average molecular weight is 292 g/mol. The van der Waals surface area contributed by atoms with Gasteiger partial charge >= 0.3 is 6.18 Å². The molecule has 1 saturated heterocycles. The Morgan fingerprint density at radius 3 is 2.30 bits per heavy atom. The van der Waals surface area contributed by atoms with Crippen LogP contribution in [0.15, 0.2) is 0 Å². The van der Waals surface area contributed by atoms with Crippen molar-refractivity contribution in [2.24, 2.45) is 0 Å². The predicted molar refractivity (Wildman–Crippen MR) is 65.8 cm³/mol. The molecule has 0 aromatic heterocycles. The van der Waals surface area contributed by atoms with Crippen molar-refractivity contribution in [1.29, 1.82) is 0 Å². The Kier molecular flexibility index (Phi) is 3.73. The van der Waals surface area contributed by atoms with Crippen molar-refractivity contribution in [3.63, 3.8) is 0 Å². The summed E-state index contributed by atoms with van der Waals surface area (Å²) >= 11 is 0. The molecule has 7 heteroatoms. The van der Waals surface area contributed by atoms with Gasteiger partial charge in [0.15, 0.2) is 0 Å². The molecule has 114 valence electrons. The van der Waals surface area contributed by atoms with Gasteiger partial charge in [0.25, 0.3) is 0 Å². The fourth-order valence-corrected chi connectivity index (χ4v) is 2.91. The molecule has 2 fully saturated rings. The molecule has 0 aromatic carbocycles. The zero-order valence-electron chi connectivity index (χ0n) is 11.6. The molecule has 4 nitrogen and oxygen atoms in total. The highest BCUT2D eigenvalue weighted by atomic mass is 19.4. The van der Waals surface area contributed by atoms with E-state index >= 15 is 0 Å². The van der Waals surface area contributed by atoms with E-state index in [1.54, 1.807) is 6.92 Å². The van der Waals surface area contributed by atoms with Crippen LogP contribution in [0, 0.1) is 0 Å². The van der Waals surface area contributed by atoms with Crippen LogP contribution in [0.2, 0.25) is 0 Å². The molecule has 0 bridgehead atoms. The standard InChI is InChI=1S/C13H19F3N2O2/c1-3-5-8-11(20)18(9(4-2)10(19)17-8)12(6-7-12)13(14,15)16/h8-9H,3-7H2,1-2H3,(H,17,19). The number of alkyl halides is 3. The van der Waals surface area contributed by atoms with E-state index in [2.05, 4.69) is 5.32 Å². The van der Waals surface area contributed by atoms with E-state index in [4.69, 9.17) is 0 Å². The number of halogens is 3. The number of amides is 2. The molecule has 2 aliphatic rings. The van der Waals surface area contributed by atoms with Gasteiger partial charge in [-0.2, -0.15) is 13.2 Å². The molecule has 1 N–H and O–H groups in total. The number of piperazine rings is 1. The van der Waals surface area contributed by atoms with E-state index < -0.39 is 35.6 Å². The van der Waals surface area contributed by atoms with Crippen LogP contribution < -0.4 is 5.32 Å². The summed E-state index contributed by atoms with van der Waals surface area (Å²) in [5, 5.41) is 2.55. The summed E-state index contributed by atoms with van der Waals surface area (Å²) in [7, 11) is 0. The summed E-state index contributed by atoms with van der Waals surface area (Å²) in [6.07, 6.45) is -3.51. The molecule has 2 amide bonds. The maximum atomic E-state index is 13.3. The van der Waals surface area contributed by atoms with E-state index in [0.717, 1.165) is 4.90 Å². The number of hydrogen-bond donors (Lipinski definition) is 1. The second-order valence-electron chi connectivity index (χ2n) is 5.51. The largest absolute Gasteiger partial charge is 0.411 e. The average Bonchev–Trinajstić information content (AvgIpc) is 3.13. The highest BCUT2D eigenvalue weighted by molar-refractivity contribution is 5.97. The van der Waals surface area contributed by atoms with Crippen LogP contribution in [0.3, 0.4) is 0 Å². The first-order valence-corrected chi connectivity index (χ1v) is 6.98. The van der Waals surface area contributed by atoms with E-state index in [1.165, 1.54) is 0 Å². The molecular weight excluding hydrogens is 273 g/mol. The topological polar surface area (TPSA) is 49.4 Å². The normalized spacial score (nSPS) is 29.4. The van der Waals surface area contributed by atoms with Crippen molar-refractivity contribution >= 4 is 11.8 Å². The fraction of sp³-hybridized carbons (Fsp3) is 0.846. The molecule has 0 spiro atoms. The van der Waals surface area contributed by atoms with Crippen molar-refractivity contribution in [1.82, 2.24) is 10.2 Å². The van der Waals surface area contributed by atoms with E-state index in [1.807, 2.05) is 6.92 Å². The van der Waals surface area contributed by atoms with Gasteiger partial charge < -0.3 is 10.2 Å². The molecule has 2 unspecified atom stereocenters. The third-order valence-electron chi connectivity index (χ3n) is 4.14. The highest BCUT2D eigenvalue weighted by Gasteiger charge is 2.70. The Hall–Kier alpha value is -1.27. The maximum absolute atomic E-state index is 13.3. The molecular formula is C13H19F3N2O2. The van der Waals surface area contributed by atoms with Crippen LogP contribution >= 0.6 is 0 Å². The van der Waals surface area contributed by atoms with Crippen molar-refractivity contribution in [3.8, 4) is 0 Å². The van der Waals surface area contributed by atoms with Crippen molar-refractivity contribution in [2.75, 3.05) is 0 Å². The third kappa shape index (κ3) is 2.16. The predicted octanol–water partition coefficient (Wildman–Crippen LogP) is 1.99. The van der Waals surface area contributed by atoms with Gasteiger partial charge in [-0.3, -0.25) is 9.59 Å². The molecule has 0 aromatic rings. The van der Waals surface area contributed by atoms with Gasteiger partial charge in [-0.25, -0.2) is 0 Å². The van der Waals surface area contributed by atoms with Crippen molar-refractivity contribution in [2.45, 2.75) is 69.8 Å². The van der Waals surface area contributed by atoms with Gasteiger partial charge in [0.05, 0.1) is 0 Å². The van der Waals surface area contributed by atoms with E-state index in [-0.39, 0.29) is 19.3 Å². The van der Waals surface area contributed by atoms with E-state index in [9.17, 15) is 22.8 Å². The first-order valence-electron chi connectivity index (χ1n) is 6.98. The lowest BCUT2D eigenvalue weighted by molar-refractivity contribution is -0.210. The van der Waals surface area contributed by atoms with E-state index in [0.29, 0.717) is 12.8 Å². The van der Waals surface area contributed by atoms with Gasteiger partial charge in [-0.05, 0) is 25.7 Å². The van der Waals surface area contributed by atoms with Crippen LogP contribution in [0.5, 0.6) is 0 Å². The van der Waals surface area contributed by atoms with Crippen LogP contribution in [0.4, 0.5) is 13.2 Å². The molecule has 1 saturated carbocycles. The Bertz CT molecular complexity index is 418. The summed E-state index contributed by atoms with van der Waals surface area (Å²) < 4.78 is 39.8. The summed E-state index contributed by atoms with van der Waals surface area (Å²) in [4.78, 5) is 25.2. The molecule has 1 heterocycles. The molecule has 20 heavy (non-hydrogen) atoms. The Morgan fingerprint density at radius 1 is 1.30 bits per heavy atom. The monoisotopic (exact) mass is 292 g/mol. The third-order valence-corrected chi connectivity index (χ3v) is 4.14. The number of carbonyl (C=O) groups excluding carboxylic acids is 2. The lowest BCUT2D eigenvalue weighted by Gasteiger charge is -2.44. The summed E-state index contributed by atoms with van der Waals surface area (Å²) in [5.41, 5.74) is -2.12. The van der Waals surface area contributed by atoms with Crippen LogP contribution in [0.25, 0.3) is 0 Å². The zero-order valence-corrected chi connectivity index (χ0v) is 11.6. The first kappa shape index (κ1) is 15.1. The second kappa shape index (κ2) is 4.93. The molecule has 2 rings (SSSR count). The number of nitrogens with zero attached hydrogens (tertiary/aromatic N) is 1. The number of hydrogen-bond acceptors (Lipinski definition) is 2. The molecule has 2 atom stereocenters. The van der Waals surface area contributed by atoms with Gasteiger partial charge in [0, 0.05) is 0 Å². The minimum atomic E-state index is -4.48. The first-order chi connectivity index (χ1) is 9.28. The smallest absolute Gasteiger partial charge is 0.343 e. The molecule has 1 aliphatic carbocycles. The summed E-state index contributed by atoms with van der Waals surface area (Å²) in [5.74, 6) is -1.06. The van der Waals surface area contributed by atoms with Crippen molar-refractivity contribution < 1.29 is 22.8 Å². The van der Waals surface area contributed by atoms with Gasteiger partial charge in [0.2, 0.25) is 11.8 Å². The SMILES string of the molecule is CCCC1NC(=O)C(CC)N(C2(C(F)(F)F)CC2)C1=O. The quantitative estimate of drug-likeness (QED) is 0.861. The maximum Gasteiger partial charge on any atom is 0.411 e. The Labute approximate surface area is 115 Å². The second-order valence-corrected chi connectivity index (χ2v) is 5.51.